The molecule has 1 heterocycles. The van der Waals surface area contributed by atoms with Crippen molar-refractivity contribution in [2.24, 2.45) is 5.92 Å². The number of Topliss-reactive ketones (excluding diaryl/α,β-unsaturated/α-hetero) is 1. The van der Waals surface area contributed by atoms with Gasteiger partial charge in [0.05, 0.1) is 5.25 Å². The molecule has 2 aromatic carbocycles. The summed E-state index contributed by atoms with van der Waals surface area (Å²) in [7, 11) is 0. The summed E-state index contributed by atoms with van der Waals surface area (Å²) >= 11 is 7.02. The van der Waals surface area contributed by atoms with Crippen LogP contribution in [0.3, 0.4) is 0 Å². The number of rotatable bonds is 9. The summed E-state index contributed by atoms with van der Waals surface area (Å²) < 4.78 is 11.1. The lowest BCUT2D eigenvalue weighted by atomic mass is 10.1. The Morgan fingerprint density at radius 2 is 1.74 bits per heavy atom. The minimum Gasteiger partial charge on any atom is -0.484 e. The zero-order chi connectivity index (χ0) is 22.4. The number of nitrogens with zero attached hydrogens (tertiary/aromatic N) is 2. The van der Waals surface area contributed by atoms with Crippen molar-refractivity contribution in [3.63, 3.8) is 0 Å². The molecule has 1 amide bonds. The first kappa shape index (κ1) is 22.8. The Morgan fingerprint density at radius 3 is 2.39 bits per heavy atom. The lowest BCUT2D eigenvalue weighted by molar-refractivity contribution is -0.118. The van der Waals surface area contributed by atoms with Crippen LogP contribution in [0.25, 0.3) is 0 Å². The number of nitrogens with one attached hydrogen (secondary N) is 1. The Labute approximate surface area is 189 Å². The number of anilines is 1. The number of hydrogen-bond acceptors (Lipinski definition) is 7. The highest BCUT2D eigenvalue weighted by atomic mass is 35.5. The summed E-state index contributed by atoms with van der Waals surface area (Å²) in [6, 6.07) is 13.7. The van der Waals surface area contributed by atoms with Gasteiger partial charge in [-0.05, 0) is 55.5 Å². The van der Waals surface area contributed by atoms with Crippen LogP contribution < -0.4 is 10.1 Å². The molecule has 31 heavy (non-hydrogen) atoms. The number of carbonyl (C=O) groups is 2. The summed E-state index contributed by atoms with van der Waals surface area (Å²) in [6.45, 7) is 5.52. The monoisotopic (exact) mass is 459 g/mol. The minimum atomic E-state index is -0.429. The van der Waals surface area contributed by atoms with Crippen molar-refractivity contribution < 1.29 is 18.7 Å². The van der Waals surface area contributed by atoms with Gasteiger partial charge in [0.15, 0.2) is 12.4 Å². The first-order chi connectivity index (χ1) is 14.8. The summed E-state index contributed by atoms with van der Waals surface area (Å²) in [5.41, 5.74) is 1.19. The fourth-order valence-corrected chi connectivity index (χ4v) is 3.37. The number of ether oxygens (including phenoxy) is 1. The molecule has 162 valence electrons. The van der Waals surface area contributed by atoms with Gasteiger partial charge in [0, 0.05) is 22.2 Å². The second kappa shape index (κ2) is 10.5. The van der Waals surface area contributed by atoms with E-state index in [2.05, 4.69) is 15.5 Å². The van der Waals surface area contributed by atoms with Gasteiger partial charge in [-0.1, -0.05) is 37.2 Å². The minimum absolute atomic E-state index is 0.0739. The molecule has 3 rings (SSSR count). The molecule has 0 spiro atoms. The van der Waals surface area contributed by atoms with Crippen LogP contribution in [0, 0.1) is 5.92 Å². The lowest BCUT2D eigenvalue weighted by Crippen LogP contribution is -2.18. The lowest BCUT2D eigenvalue weighted by Gasteiger charge is -2.10. The van der Waals surface area contributed by atoms with E-state index >= 15 is 0 Å². The highest BCUT2D eigenvalue weighted by molar-refractivity contribution is 8.00. The molecule has 3 aromatic rings. The molecule has 0 saturated carbocycles. The molecule has 1 N–H and O–H groups in total. The Balaban J connectivity index is 1.53. The van der Waals surface area contributed by atoms with Crippen LogP contribution in [-0.2, 0) is 11.4 Å². The van der Waals surface area contributed by atoms with Gasteiger partial charge in [0.1, 0.15) is 5.75 Å². The van der Waals surface area contributed by atoms with Crippen molar-refractivity contribution in [1.29, 1.82) is 0 Å². The standard InChI is InChI=1S/C22H22ClN3O4S/c1-13(2)21(28)24-17-8-4-15(5-9-17)20(27)14(3)31-22-26-25-19(30-22)12-29-18-10-6-16(23)7-11-18/h4-11,13-14H,12H2,1-3H3,(H,24,28). The van der Waals surface area contributed by atoms with Gasteiger partial charge in [-0.2, -0.15) is 0 Å². The summed E-state index contributed by atoms with van der Waals surface area (Å²) in [5.74, 6) is 0.670. The van der Waals surface area contributed by atoms with Crippen LogP contribution >= 0.6 is 23.4 Å². The van der Waals surface area contributed by atoms with Crippen LogP contribution in [0.1, 0.15) is 37.0 Å². The second-order valence-electron chi connectivity index (χ2n) is 7.05. The van der Waals surface area contributed by atoms with E-state index in [0.29, 0.717) is 27.9 Å². The van der Waals surface area contributed by atoms with Crippen molar-refractivity contribution in [3.8, 4) is 5.75 Å². The van der Waals surface area contributed by atoms with Crippen molar-refractivity contribution >= 4 is 40.7 Å². The summed E-state index contributed by atoms with van der Waals surface area (Å²) in [4.78, 5) is 24.5. The summed E-state index contributed by atoms with van der Waals surface area (Å²) in [6.07, 6.45) is 0. The van der Waals surface area contributed by atoms with E-state index < -0.39 is 5.25 Å². The van der Waals surface area contributed by atoms with Crippen molar-refractivity contribution in [2.75, 3.05) is 5.32 Å². The molecule has 1 aromatic heterocycles. The zero-order valence-corrected chi connectivity index (χ0v) is 18.9. The first-order valence-corrected chi connectivity index (χ1v) is 10.9. The number of halogens is 1. The molecule has 0 fully saturated rings. The number of carbonyl (C=O) groups excluding carboxylic acids is 2. The van der Waals surface area contributed by atoms with E-state index in [-0.39, 0.29) is 29.4 Å². The number of ketones is 1. The maximum absolute atomic E-state index is 12.7. The van der Waals surface area contributed by atoms with Crippen LogP contribution in [0.4, 0.5) is 5.69 Å². The van der Waals surface area contributed by atoms with E-state index in [4.69, 9.17) is 20.8 Å². The Kier molecular flexibility index (Phi) is 7.70. The Morgan fingerprint density at radius 1 is 1.06 bits per heavy atom. The quantitative estimate of drug-likeness (QED) is 0.344. The van der Waals surface area contributed by atoms with Gasteiger partial charge >= 0.3 is 0 Å². The number of amides is 1. The molecule has 0 aliphatic carbocycles. The number of aromatic nitrogens is 2. The van der Waals surface area contributed by atoms with Crippen LogP contribution in [0.15, 0.2) is 58.2 Å². The third kappa shape index (κ3) is 6.57. The Hall–Kier alpha value is -2.84. The van der Waals surface area contributed by atoms with E-state index in [1.54, 1.807) is 55.5 Å². The number of thioether (sulfide) groups is 1. The molecular weight excluding hydrogens is 438 g/mol. The van der Waals surface area contributed by atoms with E-state index in [1.807, 2.05) is 13.8 Å². The van der Waals surface area contributed by atoms with E-state index in [0.717, 1.165) is 0 Å². The van der Waals surface area contributed by atoms with Crippen LogP contribution in [0.2, 0.25) is 5.02 Å². The SMILES string of the molecule is CC(C)C(=O)Nc1ccc(C(=O)C(C)Sc2nnc(COc3ccc(Cl)cc3)o2)cc1. The molecule has 0 bridgehead atoms. The van der Waals surface area contributed by atoms with Gasteiger partial charge in [-0.3, -0.25) is 9.59 Å². The van der Waals surface area contributed by atoms with Crippen LogP contribution in [-0.4, -0.2) is 27.1 Å². The molecule has 1 atom stereocenters. The molecule has 7 nitrogen and oxygen atoms in total. The van der Waals surface area contributed by atoms with E-state index in [1.165, 1.54) is 11.8 Å². The average molecular weight is 460 g/mol. The maximum atomic E-state index is 12.7. The third-order valence-electron chi connectivity index (χ3n) is 4.23. The second-order valence-corrected chi connectivity index (χ2v) is 8.78. The van der Waals surface area contributed by atoms with Gasteiger partial charge in [0.25, 0.3) is 11.1 Å². The van der Waals surface area contributed by atoms with Gasteiger partial charge in [-0.25, -0.2) is 0 Å². The third-order valence-corrected chi connectivity index (χ3v) is 5.42. The van der Waals surface area contributed by atoms with Gasteiger partial charge in [0.2, 0.25) is 5.91 Å². The molecule has 0 saturated heterocycles. The fourth-order valence-electron chi connectivity index (χ4n) is 2.46. The predicted molar refractivity (Wildman–Crippen MR) is 120 cm³/mol. The molecule has 0 aliphatic rings. The smallest absolute Gasteiger partial charge is 0.277 e. The van der Waals surface area contributed by atoms with Crippen LogP contribution in [0.5, 0.6) is 5.75 Å². The normalized spacial score (nSPS) is 11.9. The molecule has 9 heteroatoms. The molecule has 1 unspecified atom stereocenters. The Bertz CT molecular complexity index is 1040. The van der Waals surface area contributed by atoms with Crippen molar-refractivity contribution in [1.82, 2.24) is 10.2 Å². The van der Waals surface area contributed by atoms with Gasteiger partial charge < -0.3 is 14.5 Å². The topological polar surface area (TPSA) is 94.3 Å². The highest BCUT2D eigenvalue weighted by Gasteiger charge is 2.20. The largest absolute Gasteiger partial charge is 0.484 e. The zero-order valence-electron chi connectivity index (χ0n) is 17.3. The molecule has 0 radical (unpaired) electrons. The van der Waals surface area contributed by atoms with Crippen molar-refractivity contribution in [2.45, 2.75) is 37.9 Å². The molecular formula is C22H22ClN3O4S. The predicted octanol–water partition coefficient (Wildman–Crippen LogP) is 5.26. The molecule has 0 aliphatic heterocycles. The average Bonchev–Trinajstić information content (AvgIpc) is 3.20. The van der Waals surface area contributed by atoms with E-state index in [9.17, 15) is 9.59 Å². The highest BCUT2D eigenvalue weighted by Crippen LogP contribution is 2.25. The first-order valence-electron chi connectivity index (χ1n) is 9.64. The van der Waals surface area contributed by atoms with Gasteiger partial charge in [-0.15, -0.1) is 10.2 Å². The summed E-state index contributed by atoms with van der Waals surface area (Å²) in [5, 5.41) is 11.2. The van der Waals surface area contributed by atoms with Crippen molar-refractivity contribution in [3.05, 3.63) is 65.0 Å². The number of hydrogen-bond donors (Lipinski definition) is 1. The number of benzene rings is 2. The maximum Gasteiger partial charge on any atom is 0.277 e. The fraction of sp³-hybridized carbons (Fsp3) is 0.273.